The average Bonchev–Trinajstić information content (AvgIpc) is 2.51. The zero-order chi connectivity index (χ0) is 11.6. The fraction of sp³-hybridized carbons (Fsp3) is 0.556. The van der Waals surface area contributed by atoms with Gasteiger partial charge < -0.3 is 5.32 Å². The van der Waals surface area contributed by atoms with Crippen LogP contribution in [0, 0.1) is 5.41 Å². The molecule has 15 heavy (non-hydrogen) atoms. The molecule has 0 fully saturated rings. The topological polar surface area (TPSA) is 46.9 Å². The Balaban J connectivity index is 2.76. The number of nitrogens with one attached hydrogen (secondary N) is 1. The van der Waals surface area contributed by atoms with Gasteiger partial charge in [-0.1, -0.05) is 0 Å². The summed E-state index contributed by atoms with van der Waals surface area (Å²) in [7, 11) is 1.62. The Morgan fingerprint density at radius 2 is 2.20 bits per heavy atom. The van der Waals surface area contributed by atoms with Crippen LogP contribution in [0.3, 0.4) is 0 Å². The number of aromatic nitrogens is 2. The van der Waals surface area contributed by atoms with Crippen molar-refractivity contribution in [3.63, 3.8) is 0 Å². The minimum Gasteiger partial charge on any atom is -0.310 e. The molecule has 4 nitrogen and oxygen atoms in total. The van der Waals surface area contributed by atoms with E-state index in [-0.39, 0.29) is 0 Å². The molecule has 84 valence electrons. The molecule has 0 aliphatic carbocycles. The zero-order valence-electron chi connectivity index (χ0n) is 8.79. The fourth-order valence-corrected chi connectivity index (χ4v) is 0.873. The molecule has 0 saturated heterocycles. The molecule has 0 aliphatic rings. The average molecular weight is 217 g/mol. The van der Waals surface area contributed by atoms with Crippen LogP contribution in [-0.4, -0.2) is 22.1 Å². The van der Waals surface area contributed by atoms with E-state index in [2.05, 4.69) is 10.4 Å². The number of hydrogen-bond donors (Lipinski definition) is 1. The first kappa shape index (κ1) is 11.6. The van der Waals surface area contributed by atoms with Gasteiger partial charge in [-0.3, -0.25) is 9.48 Å². The van der Waals surface area contributed by atoms with E-state index < -0.39 is 17.7 Å². The lowest BCUT2D eigenvalue weighted by molar-refractivity contribution is -0.131. The lowest BCUT2D eigenvalue weighted by Crippen LogP contribution is -2.37. The number of carbonyl (C=O) groups excluding carboxylic acids is 1. The normalized spacial score (nSPS) is 11.9. The third-order valence-electron chi connectivity index (χ3n) is 2.19. The first-order chi connectivity index (χ1) is 6.85. The van der Waals surface area contributed by atoms with Gasteiger partial charge in [-0.25, -0.2) is 8.78 Å². The SMILES string of the molecule is Cn1nccc1NC(=O)C(C)(C)C(F)F. The van der Waals surface area contributed by atoms with Crippen molar-refractivity contribution in [2.24, 2.45) is 12.5 Å². The first-order valence-electron chi connectivity index (χ1n) is 4.43. The van der Waals surface area contributed by atoms with Crippen LogP contribution in [0.2, 0.25) is 0 Å². The van der Waals surface area contributed by atoms with Crippen molar-refractivity contribution >= 4 is 11.7 Å². The summed E-state index contributed by atoms with van der Waals surface area (Å²) in [6, 6.07) is 1.54. The largest absolute Gasteiger partial charge is 0.310 e. The van der Waals surface area contributed by atoms with E-state index in [1.54, 1.807) is 13.1 Å². The fourth-order valence-electron chi connectivity index (χ4n) is 0.873. The summed E-state index contributed by atoms with van der Waals surface area (Å²) in [6.45, 7) is 2.40. The van der Waals surface area contributed by atoms with Gasteiger partial charge in [0, 0.05) is 13.1 Å². The molecule has 0 bridgehead atoms. The van der Waals surface area contributed by atoms with Crippen molar-refractivity contribution in [3.05, 3.63) is 12.3 Å². The van der Waals surface area contributed by atoms with Crippen molar-refractivity contribution in [1.29, 1.82) is 0 Å². The second-order valence-corrected chi connectivity index (χ2v) is 3.82. The van der Waals surface area contributed by atoms with Crippen molar-refractivity contribution in [2.45, 2.75) is 20.3 Å². The summed E-state index contributed by atoms with van der Waals surface area (Å²) < 4.78 is 26.4. The molecule has 1 heterocycles. The number of nitrogens with zero attached hydrogens (tertiary/aromatic N) is 2. The van der Waals surface area contributed by atoms with Gasteiger partial charge in [0.2, 0.25) is 5.91 Å². The van der Waals surface area contributed by atoms with Gasteiger partial charge in [0.1, 0.15) is 11.2 Å². The van der Waals surface area contributed by atoms with Crippen LogP contribution < -0.4 is 5.32 Å². The predicted molar refractivity (Wildman–Crippen MR) is 51.6 cm³/mol. The van der Waals surface area contributed by atoms with Crippen LogP contribution >= 0.6 is 0 Å². The van der Waals surface area contributed by atoms with Gasteiger partial charge in [-0.2, -0.15) is 5.10 Å². The highest BCUT2D eigenvalue weighted by Gasteiger charge is 2.37. The number of amides is 1. The van der Waals surface area contributed by atoms with Crippen molar-refractivity contribution < 1.29 is 13.6 Å². The van der Waals surface area contributed by atoms with Crippen LogP contribution in [0.25, 0.3) is 0 Å². The number of carbonyl (C=O) groups is 1. The van der Waals surface area contributed by atoms with E-state index >= 15 is 0 Å². The Kier molecular flexibility index (Phi) is 3.06. The van der Waals surface area contributed by atoms with E-state index in [1.807, 2.05) is 0 Å². The second-order valence-electron chi connectivity index (χ2n) is 3.82. The summed E-state index contributed by atoms with van der Waals surface area (Å²) in [5.41, 5.74) is -1.70. The van der Waals surface area contributed by atoms with Gasteiger partial charge >= 0.3 is 0 Å². The molecule has 1 aromatic heterocycles. The maximum Gasteiger partial charge on any atom is 0.252 e. The third-order valence-corrected chi connectivity index (χ3v) is 2.19. The van der Waals surface area contributed by atoms with Crippen LogP contribution in [-0.2, 0) is 11.8 Å². The molecule has 0 unspecified atom stereocenters. The monoisotopic (exact) mass is 217 g/mol. The van der Waals surface area contributed by atoms with Crippen molar-refractivity contribution in [1.82, 2.24) is 9.78 Å². The molecule has 0 atom stereocenters. The summed E-state index contributed by atoms with van der Waals surface area (Å²) in [4.78, 5) is 11.5. The summed E-state index contributed by atoms with van der Waals surface area (Å²) >= 11 is 0. The van der Waals surface area contributed by atoms with Crippen molar-refractivity contribution in [3.8, 4) is 0 Å². The molecule has 6 heteroatoms. The molecular weight excluding hydrogens is 204 g/mol. The molecule has 0 spiro atoms. The summed E-state index contributed by atoms with van der Waals surface area (Å²) in [5, 5.41) is 6.20. The molecule has 1 aromatic rings. The van der Waals surface area contributed by atoms with Gasteiger partial charge in [-0.05, 0) is 13.8 Å². The van der Waals surface area contributed by atoms with Gasteiger partial charge in [0.15, 0.2) is 0 Å². The predicted octanol–water partition coefficient (Wildman–Crippen LogP) is 1.65. The van der Waals surface area contributed by atoms with Crippen LogP contribution in [0.15, 0.2) is 12.3 Å². The van der Waals surface area contributed by atoms with Gasteiger partial charge in [-0.15, -0.1) is 0 Å². The van der Waals surface area contributed by atoms with Crippen LogP contribution in [0.5, 0.6) is 0 Å². The molecule has 0 aromatic carbocycles. The summed E-state index contributed by atoms with van der Waals surface area (Å²) in [5.74, 6) is -0.324. The first-order valence-corrected chi connectivity index (χ1v) is 4.43. The lowest BCUT2D eigenvalue weighted by atomic mass is 9.93. The molecule has 0 radical (unpaired) electrons. The minimum atomic E-state index is -2.70. The molecular formula is C9H13F2N3O. The number of anilines is 1. The quantitative estimate of drug-likeness (QED) is 0.836. The Bertz CT molecular complexity index is 360. The van der Waals surface area contributed by atoms with E-state index in [4.69, 9.17) is 0 Å². The molecule has 1 rings (SSSR count). The lowest BCUT2D eigenvalue weighted by Gasteiger charge is -2.22. The Hall–Kier alpha value is -1.46. The van der Waals surface area contributed by atoms with Gasteiger partial charge in [0.25, 0.3) is 6.43 Å². The Labute approximate surface area is 86.3 Å². The molecule has 0 saturated carbocycles. The number of halogens is 2. The summed E-state index contributed by atoms with van der Waals surface area (Å²) in [6.07, 6.45) is -1.23. The number of rotatable bonds is 3. The highest BCUT2D eigenvalue weighted by molar-refractivity contribution is 5.94. The second kappa shape index (κ2) is 3.96. The third kappa shape index (κ3) is 2.31. The highest BCUT2D eigenvalue weighted by atomic mass is 19.3. The number of alkyl halides is 2. The molecule has 1 amide bonds. The smallest absolute Gasteiger partial charge is 0.252 e. The van der Waals surface area contributed by atoms with E-state index in [0.29, 0.717) is 5.82 Å². The Morgan fingerprint density at radius 1 is 1.60 bits per heavy atom. The van der Waals surface area contributed by atoms with E-state index in [0.717, 1.165) is 0 Å². The van der Waals surface area contributed by atoms with Crippen molar-refractivity contribution in [2.75, 3.05) is 5.32 Å². The standard InChI is InChI=1S/C9H13F2N3O/c1-9(2,7(10)11)8(15)13-6-4-5-12-14(6)3/h4-5,7H,1-3H3,(H,13,15). The molecule has 0 aliphatic heterocycles. The van der Waals surface area contributed by atoms with E-state index in [9.17, 15) is 13.6 Å². The number of aryl methyl sites for hydroxylation is 1. The minimum absolute atomic E-state index is 0.397. The number of hydrogen-bond acceptors (Lipinski definition) is 2. The van der Waals surface area contributed by atoms with E-state index in [1.165, 1.54) is 24.7 Å². The van der Waals surface area contributed by atoms with Gasteiger partial charge in [0.05, 0.1) is 6.20 Å². The Morgan fingerprint density at radius 3 is 2.60 bits per heavy atom. The highest BCUT2D eigenvalue weighted by Crippen LogP contribution is 2.26. The maximum absolute atomic E-state index is 12.5. The zero-order valence-corrected chi connectivity index (χ0v) is 8.79. The van der Waals surface area contributed by atoms with Crippen LogP contribution in [0.4, 0.5) is 14.6 Å². The maximum atomic E-state index is 12.5. The molecule has 1 N–H and O–H groups in total. The van der Waals surface area contributed by atoms with Crippen LogP contribution in [0.1, 0.15) is 13.8 Å².